The zero-order valence-corrected chi connectivity index (χ0v) is 9.11. The van der Waals surface area contributed by atoms with Crippen LogP contribution in [0.1, 0.15) is 0 Å². The maximum Gasteiger partial charge on any atom is 0.446 e. The molecule has 0 aliphatic carbocycles. The van der Waals surface area contributed by atoms with E-state index in [1.165, 1.54) is 12.1 Å². The third-order valence-corrected chi connectivity index (χ3v) is 2.33. The number of hydrogen-bond acceptors (Lipinski definition) is 1. The summed E-state index contributed by atoms with van der Waals surface area (Å²) in [6.45, 7) is 0. The summed E-state index contributed by atoms with van der Waals surface area (Å²) in [6.07, 6.45) is 0. The van der Waals surface area contributed by atoms with E-state index in [0.29, 0.717) is 4.47 Å². The van der Waals surface area contributed by atoms with Gasteiger partial charge in [0.1, 0.15) is 0 Å². The fourth-order valence-electron chi connectivity index (χ4n) is 0.657. The van der Waals surface area contributed by atoms with Gasteiger partial charge in [0.05, 0.1) is 5.02 Å². The van der Waals surface area contributed by atoms with Crippen molar-refractivity contribution in [2.45, 2.75) is 10.4 Å². The van der Waals surface area contributed by atoms with Crippen LogP contribution in [0.15, 0.2) is 21.5 Å². The number of rotatable bonds is 1. The molecule has 0 atom stereocenters. The highest BCUT2D eigenvalue weighted by molar-refractivity contribution is 9.10. The van der Waals surface area contributed by atoms with Crippen molar-refractivity contribution in [1.29, 1.82) is 0 Å². The van der Waals surface area contributed by atoms with Crippen LogP contribution in [0, 0.1) is 6.07 Å². The summed E-state index contributed by atoms with van der Waals surface area (Å²) < 4.78 is 36.2. The van der Waals surface area contributed by atoms with Gasteiger partial charge in [-0.05, 0) is 23.9 Å². The number of benzene rings is 1. The molecule has 0 aliphatic heterocycles. The lowest BCUT2D eigenvalue weighted by molar-refractivity contribution is -0.0328. The van der Waals surface area contributed by atoms with Gasteiger partial charge in [0.2, 0.25) is 0 Å². The zero-order chi connectivity index (χ0) is 10.1. The van der Waals surface area contributed by atoms with Crippen LogP contribution in [-0.4, -0.2) is 5.51 Å². The third kappa shape index (κ3) is 4.24. The minimum absolute atomic E-state index is 0.0492. The highest BCUT2D eigenvalue weighted by Gasteiger charge is 2.29. The van der Waals surface area contributed by atoms with Gasteiger partial charge < -0.3 is 0 Å². The summed E-state index contributed by atoms with van der Waals surface area (Å²) in [4.78, 5) is -0.0492. The van der Waals surface area contributed by atoms with Gasteiger partial charge in [0, 0.05) is 15.4 Å². The molecule has 0 nitrogen and oxygen atoms in total. The van der Waals surface area contributed by atoms with Gasteiger partial charge in [-0.15, -0.1) is 0 Å². The van der Waals surface area contributed by atoms with Crippen LogP contribution in [0.2, 0.25) is 5.02 Å². The molecular weight excluding hydrogens is 288 g/mol. The molecule has 0 heterocycles. The Balaban J connectivity index is 2.90. The first kappa shape index (κ1) is 11.2. The first-order valence-corrected chi connectivity index (χ1v) is 5.00. The Morgan fingerprint density at radius 3 is 2.46 bits per heavy atom. The maximum atomic E-state index is 11.9. The Hall–Kier alpha value is 0.130. The van der Waals surface area contributed by atoms with Crippen LogP contribution in [0.5, 0.6) is 0 Å². The van der Waals surface area contributed by atoms with E-state index in [0.717, 1.165) is 0 Å². The third-order valence-electron chi connectivity index (χ3n) is 1.00. The molecule has 0 aliphatic rings. The molecule has 0 saturated heterocycles. The average molecular weight is 291 g/mol. The summed E-state index contributed by atoms with van der Waals surface area (Å²) in [5.41, 5.74) is -4.30. The molecule has 1 aromatic rings. The largest absolute Gasteiger partial charge is 0.446 e. The number of alkyl halides is 3. The Morgan fingerprint density at radius 1 is 1.38 bits per heavy atom. The summed E-state index contributed by atoms with van der Waals surface area (Å²) in [7, 11) is 0. The van der Waals surface area contributed by atoms with Crippen molar-refractivity contribution < 1.29 is 13.2 Å². The van der Waals surface area contributed by atoms with Gasteiger partial charge in [-0.25, -0.2) is 0 Å². The van der Waals surface area contributed by atoms with E-state index in [1.807, 2.05) is 0 Å². The molecule has 0 unspecified atom stereocenters. The Kier molecular flexibility index (Phi) is 3.54. The average Bonchev–Trinajstić information content (AvgIpc) is 1.78. The smallest absolute Gasteiger partial charge is 0.160 e. The van der Waals surface area contributed by atoms with Gasteiger partial charge in [-0.2, -0.15) is 13.2 Å². The summed E-state index contributed by atoms with van der Waals surface area (Å²) >= 11 is 8.31. The molecule has 13 heavy (non-hydrogen) atoms. The van der Waals surface area contributed by atoms with Crippen molar-refractivity contribution in [3.05, 3.63) is 27.7 Å². The lowest BCUT2D eigenvalue weighted by Crippen LogP contribution is -1.98. The van der Waals surface area contributed by atoms with Crippen LogP contribution < -0.4 is 0 Å². The van der Waals surface area contributed by atoms with E-state index < -0.39 is 5.51 Å². The molecular formula is C7H2BrClF3S. The lowest BCUT2D eigenvalue weighted by atomic mass is 10.4. The Bertz CT molecular complexity index is 293. The van der Waals surface area contributed by atoms with Crippen molar-refractivity contribution in [2.75, 3.05) is 0 Å². The monoisotopic (exact) mass is 289 g/mol. The molecule has 0 saturated carbocycles. The first-order valence-electron chi connectivity index (χ1n) is 3.01. The van der Waals surface area contributed by atoms with E-state index in [1.54, 1.807) is 0 Å². The van der Waals surface area contributed by atoms with Gasteiger partial charge in [-0.1, -0.05) is 27.5 Å². The standard InChI is InChI=1S/C7H2BrClF3S/c8-4-1-5(9)3-6(2-4)13-7(10,11)12/h1-2H. The molecule has 1 rings (SSSR count). The second-order valence-electron chi connectivity index (χ2n) is 2.06. The normalized spacial score (nSPS) is 11.8. The topological polar surface area (TPSA) is 0 Å². The molecule has 0 amide bonds. The van der Waals surface area contributed by atoms with Crippen molar-refractivity contribution in [3.8, 4) is 0 Å². The lowest BCUT2D eigenvalue weighted by Gasteiger charge is -2.05. The van der Waals surface area contributed by atoms with Gasteiger partial charge >= 0.3 is 5.51 Å². The van der Waals surface area contributed by atoms with Crippen LogP contribution >= 0.6 is 39.3 Å². The maximum absolute atomic E-state index is 11.9. The molecule has 1 radical (unpaired) electrons. The Labute approximate surface area is 90.6 Å². The number of hydrogen-bond donors (Lipinski definition) is 0. The number of halogens is 5. The summed E-state index contributed by atoms with van der Waals surface area (Å²) in [5.74, 6) is 0. The summed E-state index contributed by atoms with van der Waals surface area (Å²) in [6, 6.07) is 5.17. The highest BCUT2D eigenvalue weighted by Crippen LogP contribution is 2.38. The van der Waals surface area contributed by atoms with E-state index >= 15 is 0 Å². The van der Waals surface area contributed by atoms with Crippen molar-refractivity contribution in [3.63, 3.8) is 0 Å². The van der Waals surface area contributed by atoms with Crippen molar-refractivity contribution in [2.24, 2.45) is 0 Å². The van der Waals surface area contributed by atoms with Crippen LogP contribution in [0.25, 0.3) is 0 Å². The highest BCUT2D eigenvalue weighted by atomic mass is 79.9. The van der Waals surface area contributed by atoms with Crippen LogP contribution in [0.3, 0.4) is 0 Å². The second kappa shape index (κ2) is 4.11. The predicted molar refractivity (Wildman–Crippen MR) is 49.9 cm³/mol. The van der Waals surface area contributed by atoms with Gasteiger partial charge in [-0.3, -0.25) is 0 Å². The van der Waals surface area contributed by atoms with E-state index in [2.05, 4.69) is 22.0 Å². The molecule has 71 valence electrons. The van der Waals surface area contributed by atoms with Crippen LogP contribution in [-0.2, 0) is 0 Å². The van der Waals surface area contributed by atoms with Crippen molar-refractivity contribution in [1.82, 2.24) is 0 Å². The van der Waals surface area contributed by atoms with Crippen molar-refractivity contribution >= 4 is 39.3 Å². The van der Waals surface area contributed by atoms with E-state index in [9.17, 15) is 13.2 Å². The molecule has 0 spiro atoms. The number of thioether (sulfide) groups is 1. The second-order valence-corrected chi connectivity index (χ2v) is 4.49. The molecule has 0 bridgehead atoms. The summed E-state index contributed by atoms with van der Waals surface area (Å²) in [5, 5.41) is 0.154. The molecule has 0 N–H and O–H groups in total. The minimum Gasteiger partial charge on any atom is -0.160 e. The van der Waals surface area contributed by atoms with Gasteiger partial charge in [0.25, 0.3) is 0 Å². The van der Waals surface area contributed by atoms with E-state index in [4.69, 9.17) is 11.6 Å². The zero-order valence-electron chi connectivity index (χ0n) is 5.95. The minimum atomic E-state index is -4.30. The van der Waals surface area contributed by atoms with E-state index in [-0.39, 0.29) is 21.7 Å². The van der Waals surface area contributed by atoms with Gasteiger partial charge in [0.15, 0.2) is 0 Å². The Morgan fingerprint density at radius 2 is 2.00 bits per heavy atom. The fourth-order valence-corrected chi connectivity index (χ4v) is 2.27. The molecule has 1 aromatic carbocycles. The quantitative estimate of drug-likeness (QED) is 0.686. The molecule has 0 fully saturated rings. The first-order chi connectivity index (χ1) is 5.87. The molecule has 0 aromatic heterocycles. The predicted octanol–water partition coefficient (Wildman–Crippen LogP) is 4.51. The SMILES string of the molecule is FC(F)(F)Sc1[c]c(Cl)cc(Br)c1. The fraction of sp³-hybridized carbons (Fsp3) is 0.143. The molecule has 6 heteroatoms. The van der Waals surface area contributed by atoms with Crippen LogP contribution in [0.4, 0.5) is 13.2 Å².